The Bertz CT molecular complexity index is 1350. The number of aromatic nitrogens is 3. The third-order valence-electron chi connectivity index (χ3n) is 6.05. The topological polar surface area (TPSA) is 142 Å². The van der Waals surface area contributed by atoms with E-state index in [1.165, 1.54) is 21.0 Å². The number of pyridine rings is 1. The van der Waals surface area contributed by atoms with Gasteiger partial charge < -0.3 is 0 Å². The second-order valence-electron chi connectivity index (χ2n) is 11.6. The zero-order valence-electron chi connectivity index (χ0n) is 23.4. The summed E-state index contributed by atoms with van der Waals surface area (Å²) in [5.41, 5.74) is -0.429. The van der Waals surface area contributed by atoms with Crippen LogP contribution in [0.4, 0.5) is 5.82 Å². The molecule has 13 heteroatoms. The van der Waals surface area contributed by atoms with Gasteiger partial charge in [-0.3, -0.25) is 0 Å². The maximum absolute atomic E-state index is 13.4. The number of carbonyl (C=O) groups excluding carboxylic acids is 1. The molecular weight excluding hydrogens is 505 g/mol. The number of anilines is 1. The number of amides is 1. The van der Waals surface area contributed by atoms with Crippen LogP contribution in [0.2, 0.25) is 0 Å². The van der Waals surface area contributed by atoms with Crippen LogP contribution in [0.15, 0.2) is 24.4 Å². The molecule has 1 saturated heterocycles. The van der Waals surface area contributed by atoms with Gasteiger partial charge in [-0.15, -0.1) is 0 Å². The molecule has 0 saturated carbocycles. The van der Waals surface area contributed by atoms with Crippen molar-refractivity contribution < 1.29 is 17.9 Å². The first-order chi connectivity index (χ1) is 17.5. The van der Waals surface area contributed by atoms with E-state index in [0.29, 0.717) is 36.6 Å². The van der Waals surface area contributed by atoms with Gasteiger partial charge in [-0.25, -0.2) is 0 Å². The van der Waals surface area contributed by atoms with Gasteiger partial charge in [0.05, 0.1) is 6.61 Å². The summed E-state index contributed by atoms with van der Waals surface area (Å²) in [4.78, 5) is 19.9. The van der Waals surface area contributed by atoms with Crippen molar-refractivity contribution in [2.24, 2.45) is 11.3 Å². The molecule has 1 amide bonds. The first kappa shape index (κ1) is 29.3. The van der Waals surface area contributed by atoms with Crippen molar-refractivity contribution >= 4 is 39.3 Å². The second kappa shape index (κ2) is 10.9. The van der Waals surface area contributed by atoms with E-state index in [2.05, 4.69) is 56.6 Å². The average Bonchev–Trinajstić information content (AvgIpc) is 3.37. The maximum atomic E-state index is 13.4. The molecule has 2 aromatic rings. The van der Waals surface area contributed by atoms with Gasteiger partial charge in [0.25, 0.3) is 0 Å². The van der Waals surface area contributed by atoms with Gasteiger partial charge >= 0.3 is 193 Å². The molecule has 1 fully saturated rings. The van der Waals surface area contributed by atoms with Crippen LogP contribution in [0.25, 0.3) is 5.82 Å². The molecule has 1 aliphatic rings. The minimum atomic E-state index is -4.29. The predicted molar refractivity (Wildman–Crippen MR) is 151 cm³/mol. The molecule has 0 aromatic carbocycles. The molecule has 1 atom stereocenters. The van der Waals surface area contributed by atoms with Gasteiger partial charge in [0.2, 0.25) is 0 Å². The predicted octanol–water partition coefficient (Wildman–Crippen LogP) is 2.38. The summed E-state index contributed by atoms with van der Waals surface area (Å²) in [5, 5.41) is 14.9. The van der Waals surface area contributed by atoms with Crippen LogP contribution >= 0.6 is 0 Å². The molecule has 0 aliphatic carbocycles. The number of nitrogens with one attached hydrogen (secondary N) is 3. The fourth-order valence-corrected chi connectivity index (χ4v) is 5.60. The Morgan fingerprint density at radius 2 is 1.97 bits per heavy atom. The normalized spacial score (nSPS) is 17.6. The molecular formula is C25H38BN7O4S. The van der Waals surface area contributed by atoms with E-state index >= 15 is 0 Å². The standard InChI is InChI=1S/C25H38BN7O4S/c1-16-13-25(6,7)32(14-16)22-18(23(34)31-38(35,36)21(17(2)27)26-28-8)9-10-19(29-22)33-12-11-20(30-33)37-15-24(3,4)5/h9-12,16,27-28H,13-15H2,1-8H3,(H,31,34)/t16-/m0/s1. The molecule has 206 valence electrons. The molecule has 38 heavy (non-hydrogen) atoms. The Morgan fingerprint density at radius 1 is 1.29 bits per heavy atom. The van der Waals surface area contributed by atoms with Crippen molar-refractivity contribution in [3.63, 3.8) is 0 Å². The molecule has 3 N–H and O–H groups in total. The van der Waals surface area contributed by atoms with Crippen molar-refractivity contribution in [2.75, 3.05) is 25.1 Å². The summed E-state index contributed by atoms with van der Waals surface area (Å²) in [7, 11) is -1.60. The fourth-order valence-electron chi connectivity index (χ4n) is 4.46. The van der Waals surface area contributed by atoms with E-state index in [1.807, 2.05) is 4.90 Å². The van der Waals surface area contributed by atoms with Crippen LogP contribution in [-0.2, 0) is 10.0 Å². The number of nitrogens with zero attached hydrogens (tertiary/aromatic N) is 4. The van der Waals surface area contributed by atoms with Crippen LogP contribution in [0.3, 0.4) is 0 Å². The van der Waals surface area contributed by atoms with Gasteiger partial charge in [-0.05, 0) is 5.41 Å². The van der Waals surface area contributed by atoms with Crippen LogP contribution in [-0.4, -0.2) is 72.4 Å². The summed E-state index contributed by atoms with van der Waals surface area (Å²) < 4.78 is 35.4. The number of rotatable bonds is 9. The average molecular weight is 544 g/mol. The van der Waals surface area contributed by atoms with Crippen LogP contribution < -0.4 is 19.6 Å². The van der Waals surface area contributed by atoms with E-state index in [4.69, 9.17) is 15.1 Å². The summed E-state index contributed by atoms with van der Waals surface area (Å²) in [6.07, 6.45) is 2.61. The Kier molecular flexibility index (Phi) is 8.40. The van der Waals surface area contributed by atoms with E-state index in [9.17, 15) is 13.2 Å². The zero-order chi connectivity index (χ0) is 28.5. The molecule has 0 unspecified atom stereocenters. The molecule has 0 radical (unpaired) electrons. The third-order valence-corrected chi connectivity index (χ3v) is 7.50. The van der Waals surface area contributed by atoms with E-state index < -0.39 is 15.9 Å². The van der Waals surface area contributed by atoms with Gasteiger partial charge in [-0.2, -0.15) is 0 Å². The van der Waals surface area contributed by atoms with Crippen LogP contribution in [0.5, 0.6) is 5.88 Å². The first-order valence-corrected chi connectivity index (χ1v) is 14.0. The number of ether oxygens (including phenoxy) is 1. The molecule has 3 rings (SSSR count). The van der Waals surface area contributed by atoms with Crippen molar-refractivity contribution in [3.05, 3.63) is 30.0 Å². The fraction of sp³-hybridized carbons (Fsp3) is 0.560. The van der Waals surface area contributed by atoms with Crippen LogP contribution in [0.1, 0.15) is 65.2 Å². The summed E-state index contributed by atoms with van der Waals surface area (Å²) >= 11 is 0. The van der Waals surface area contributed by atoms with Gasteiger partial charge in [0.15, 0.2) is 0 Å². The van der Waals surface area contributed by atoms with E-state index in [0.717, 1.165) is 6.42 Å². The third kappa shape index (κ3) is 6.80. The molecule has 0 bridgehead atoms. The SMILES string of the molecule is CNB=C(C(C)=N)S(=O)(=O)NC(=O)c1ccc(-n2ccc(OCC(C)(C)C)n2)nc1N1C[C@@H](C)CC1(C)C. The minimum absolute atomic E-state index is 0.0267. The van der Waals surface area contributed by atoms with Gasteiger partial charge in [0, 0.05) is 0 Å². The Labute approximate surface area is 225 Å². The van der Waals surface area contributed by atoms with E-state index in [-0.39, 0.29) is 27.0 Å². The summed E-state index contributed by atoms with van der Waals surface area (Å²) in [6, 6.07) is 4.92. The molecule has 3 heterocycles. The number of hydrogen-bond donors (Lipinski definition) is 3. The zero-order valence-corrected chi connectivity index (χ0v) is 24.2. The molecule has 1 aliphatic heterocycles. The van der Waals surface area contributed by atoms with Gasteiger partial charge in [-0.1, -0.05) is 20.8 Å². The summed E-state index contributed by atoms with van der Waals surface area (Å²) in [5.74, 6) is 0.807. The van der Waals surface area contributed by atoms with E-state index in [1.54, 1.807) is 29.1 Å². The molecule has 2 aromatic heterocycles. The number of carbonyl (C=O) groups is 1. The Balaban J connectivity index is 2.03. The van der Waals surface area contributed by atoms with Crippen molar-refractivity contribution in [1.29, 1.82) is 5.41 Å². The second-order valence-corrected chi connectivity index (χ2v) is 13.2. The first-order valence-electron chi connectivity index (χ1n) is 12.5. The van der Waals surface area contributed by atoms with Crippen molar-refractivity contribution in [2.45, 2.75) is 60.4 Å². The Morgan fingerprint density at radius 3 is 2.53 bits per heavy atom. The number of hydrogen-bond acceptors (Lipinski definition) is 9. The Hall–Kier alpha value is -3.22. The quantitative estimate of drug-likeness (QED) is 0.323. The number of sulfonamides is 1. The van der Waals surface area contributed by atoms with Crippen molar-refractivity contribution in [1.82, 2.24) is 24.7 Å². The van der Waals surface area contributed by atoms with Crippen LogP contribution in [0, 0.1) is 16.7 Å². The monoisotopic (exact) mass is 543 g/mol. The molecule has 11 nitrogen and oxygen atoms in total. The molecule has 0 spiro atoms. The van der Waals surface area contributed by atoms with Crippen molar-refractivity contribution in [3.8, 4) is 11.7 Å². The van der Waals surface area contributed by atoms with Gasteiger partial charge in [0.1, 0.15) is 0 Å². The summed E-state index contributed by atoms with van der Waals surface area (Å²) in [6.45, 7) is 15.0.